The largest absolute Gasteiger partial charge is 0.457 e. The lowest BCUT2D eigenvalue weighted by molar-refractivity contribution is -0.288. The van der Waals surface area contributed by atoms with Crippen molar-refractivity contribution in [3.05, 3.63) is 345 Å². The molecule has 1 nitrogen and oxygen atoms in total. The van der Waals surface area contributed by atoms with Crippen molar-refractivity contribution in [3.63, 3.8) is 0 Å². The first-order valence-corrected chi connectivity index (χ1v) is 28.3. The molecule has 0 heterocycles. The predicted octanol–water partition coefficient (Wildman–Crippen LogP) is 22.8. The molecule has 0 bridgehead atoms. The monoisotopic (exact) mass is 1140 g/mol. The molecule has 85 heavy (non-hydrogen) atoms. The van der Waals surface area contributed by atoms with E-state index in [0.717, 1.165) is 66.5 Å². The summed E-state index contributed by atoms with van der Waals surface area (Å²) < 4.78 is 86.8. The fourth-order valence-electron chi connectivity index (χ4n) is 8.97. The molecule has 7 heteroatoms. The van der Waals surface area contributed by atoms with E-state index in [4.69, 9.17) is 4.74 Å². The van der Waals surface area contributed by atoms with Gasteiger partial charge in [0.05, 0.1) is 0 Å². The highest BCUT2D eigenvalue weighted by Crippen LogP contribution is 2.56. The van der Waals surface area contributed by atoms with Crippen LogP contribution in [0.25, 0.3) is 21.9 Å². The van der Waals surface area contributed by atoms with Crippen molar-refractivity contribution in [1.29, 1.82) is 0 Å². The van der Waals surface area contributed by atoms with E-state index in [1.807, 2.05) is 48.5 Å². The number of benzene rings is 11. The normalized spacial score (nSPS) is 10.9. The maximum absolute atomic E-state index is 13.5. The van der Waals surface area contributed by atoms with Gasteiger partial charge in [-0.05, 0) is 144 Å². The summed E-state index contributed by atoms with van der Waals surface area (Å²) >= 11 is 0. The number of rotatable bonds is 7. The smallest absolute Gasteiger partial charge is 0.411 e. The predicted molar refractivity (Wildman–Crippen MR) is 344 cm³/mol. The van der Waals surface area contributed by atoms with E-state index in [0.29, 0.717) is 0 Å². The Bertz CT molecular complexity index is 3360. The van der Waals surface area contributed by atoms with Gasteiger partial charge in [-0.1, -0.05) is 298 Å². The summed E-state index contributed by atoms with van der Waals surface area (Å²) in [5.41, 5.74) is 12.6. The molecule has 0 fully saturated rings. The van der Waals surface area contributed by atoms with Gasteiger partial charge in [-0.2, -0.15) is 26.3 Å². The Morgan fingerprint density at radius 3 is 0.765 bits per heavy atom. The molecule has 0 N–H and O–H groups in total. The van der Waals surface area contributed by atoms with E-state index in [2.05, 4.69) is 227 Å². The third kappa shape index (κ3) is 20.1. The van der Waals surface area contributed by atoms with Crippen LogP contribution in [0.15, 0.2) is 267 Å². The summed E-state index contributed by atoms with van der Waals surface area (Å²) in [7, 11) is 0. The van der Waals surface area contributed by atoms with Crippen molar-refractivity contribution in [1.82, 2.24) is 0 Å². The zero-order valence-corrected chi connectivity index (χ0v) is 50.3. The van der Waals surface area contributed by atoms with Crippen molar-refractivity contribution in [2.75, 3.05) is 0 Å². The maximum atomic E-state index is 13.5. The van der Waals surface area contributed by atoms with E-state index < -0.39 is 28.9 Å². The quantitative estimate of drug-likeness (QED) is 0.145. The first-order valence-electron chi connectivity index (χ1n) is 28.3. The molecule has 11 rings (SSSR count). The summed E-state index contributed by atoms with van der Waals surface area (Å²) in [5.74, 6) is 1.76. The van der Waals surface area contributed by atoms with Crippen LogP contribution in [0.1, 0.15) is 77.9 Å². The Balaban J connectivity index is 0.000000166. The summed E-state index contributed by atoms with van der Waals surface area (Å²) in [6.45, 7) is 21.0. The van der Waals surface area contributed by atoms with Crippen molar-refractivity contribution >= 4 is 10.8 Å². The number of alkyl halides is 6. The van der Waals surface area contributed by atoms with Gasteiger partial charge in [-0.3, -0.25) is 0 Å². The topological polar surface area (TPSA) is 9.23 Å². The van der Waals surface area contributed by atoms with Gasteiger partial charge in [0.25, 0.3) is 0 Å². The second kappa shape index (κ2) is 31.1. The number of fused-ring (bicyclic) bond motifs is 1. The molecule has 0 aliphatic carbocycles. The average Bonchev–Trinajstić information content (AvgIpc) is 1.07. The second-order valence-corrected chi connectivity index (χ2v) is 21.6. The van der Waals surface area contributed by atoms with Gasteiger partial charge in [0, 0.05) is 0 Å². The lowest BCUT2D eigenvalue weighted by atomic mass is 9.73. The fraction of sp³-hybridized carbons (Fsp3) is 0.179. The first kappa shape index (κ1) is 65.2. The Morgan fingerprint density at radius 1 is 0.259 bits per heavy atom. The Hall–Kier alpha value is -8.94. The fourth-order valence-corrected chi connectivity index (χ4v) is 8.97. The molecule has 0 unspecified atom stereocenters. The van der Waals surface area contributed by atoms with Crippen molar-refractivity contribution in [2.24, 2.45) is 0 Å². The van der Waals surface area contributed by atoms with Crippen LogP contribution in [0.4, 0.5) is 26.3 Å². The number of hydrogen-bond donors (Lipinski definition) is 0. The van der Waals surface area contributed by atoms with Gasteiger partial charge in [0.15, 0.2) is 0 Å². The maximum Gasteiger partial charge on any atom is 0.411 e. The molecule has 436 valence electrons. The zero-order valence-electron chi connectivity index (χ0n) is 50.3. The summed E-state index contributed by atoms with van der Waals surface area (Å²) in [5, 5.41) is 2.67. The first-order chi connectivity index (χ1) is 40.5. The summed E-state index contributed by atoms with van der Waals surface area (Å²) in [6.07, 6.45) is -10.0. The highest BCUT2D eigenvalue weighted by atomic mass is 19.4. The number of ether oxygens (including phenoxy) is 1. The Labute approximate surface area is 500 Å². The summed E-state index contributed by atoms with van der Waals surface area (Å²) in [6, 6.07) is 83.2. The van der Waals surface area contributed by atoms with Crippen molar-refractivity contribution < 1.29 is 31.1 Å². The van der Waals surface area contributed by atoms with Crippen LogP contribution in [-0.2, 0) is 11.8 Å². The van der Waals surface area contributed by atoms with Crippen molar-refractivity contribution in [2.45, 2.75) is 93.4 Å². The molecular weight excluding hydrogens is 1070 g/mol. The van der Waals surface area contributed by atoms with Crippen LogP contribution < -0.4 is 4.74 Å². The molecule has 0 atom stereocenters. The summed E-state index contributed by atoms with van der Waals surface area (Å²) in [4.78, 5) is 0. The minimum Gasteiger partial charge on any atom is -0.457 e. The molecule has 0 aliphatic rings. The molecule has 11 aromatic rings. The van der Waals surface area contributed by atoms with Crippen LogP contribution >= 0.6 is 0 Å². The van der Waals surface area contributed by atoms with Crippen LogP contribution in [0.3, 0.4) is 0 Å². The van der Waals surface area contributed by atoms with Crippen molar-refractivity contribution in [3.8, 4) is 22.6 Å². The molecule has 0 amide bonds. The van der Waals surface area contributed by atoms with Crippen LogP contribution in [0, 0.1) is 69.2 Å². The van der Waals surface area contributed by atoms with Gasteiger partial charge in [-0.15, -0.1) is 0 Å². The zero-order chi connectivity index (χ0) is 61.6. The van der Waals surface area contributed by atoms with Gasteiger partial charge in [-0.25, -0.2) is 0 Å². The van der Waals surface area contributed by atoms with Crippen LogP contribution in [0.2, 0.25) is 0 Å². The minimum absolute atomic E-state index is 0.841. The van der Waals surface area contributed by atoms with Crippen LogP contribution in [0.5, 0.6) is 11.5 Å². The van der Waals surface area contributed by atoms with Gasteiger partial charge in [0.1, 0.15) is 11.5 Å². The van der Waals surface area contributed by atoms with E-state index in [9.17, 15) is 26.3 Å². The third-order valence-electron chi connectivity index (χ3n) is 14.0. The number of halogens is 6. The minimum atomic E-state index is -5.52. The van der Waals surface area contributed by atoms with E-state index in [1.54, 1.807) is 0 Å². The molecule has 0 radical (unpaired) electrons. The lowest BCUT2D eigenvalue weighted by Crippen LogP contribution is -2.54. The molecule has 0 spiro atoms. The standard InChI is InChI=1S/C15H10F6.C15H16.C14H14O.C14H14.C12H12.C8H10/c16-14(17,18)13(15(19,20)21,11-7-3-1-4-8-11)12-9-5-2-6-10-12;1-12-3-7-14(8-4-12)11-15-9-5-13(2)6-10-15;1-11-3-7-13(8-4-11)15-14-9-5-12(2)6-10-14;1-11-3-7-13(8-4-11)14-9-5-12(2)6-10-14;1-9-3-5-12-8-10(2)4-6-11(12)7-9;1-7-3-5-8(2)6-4-7/h1-10H;3-10H,11H2,1-2H3;3-10H,1-2H3;3-10H,1-2H3;3-8H,1-2H3;3-6H,1-2H3. The Kier molecular flexibility index (Phi) is 23.9. The highest BCUT2D eigenvalue weighted by Gasteiger charge is 2.72. The SMILES string of the molecule is Cc1ccc(-c2ccc(C)cc2)cc1.Cc1ccc(C)cc1.Cc1ccc(Cc2ccc(C)cc2)cc1.Cc1ccc(Oc2ccc(C)cc2)cc1.Cc1ccc2cc(C)ccc2c1.FC(F)(F)C(c1ccccc1)(c1ccccc1)C(F)(F)F. The number of aryl methyl sites for hydroxylation is 10. The molecule has 0 saturated carbocycles. The van der Waals surface area contributed by atoms with Gasteiger partial charge >= 0.3 is 12.4 Å². The highest BCUT2D eigenvalue weighted by molar-refractivity contribution is 5.83. The number of hydrogen-bond acceptors (Lipinski definition) is 1. The molecule has 0 aromatic heterocycles. The van der Waals surface area contributed by atoms with Crippen LogP contribution in [-0.4, -0.2) is 12.4 Å². The average molecular weight is 1140 g/mol. The van der Waals surface area contributed by atoms with Gasteiger partial charge < -0.3 is 4.74 Å². The lowest BCUT2D eigenvalue weighted by Gasteiger charge is -2.38. The van der Waals surface area contributed by atoms with E-state index >= 15 is 0 Å². The molecular formula is C78H76F6O. The molecule has 0 aliphatic heterocycles. The van der Waals surface area contributed by atoms with E-state index in [1.165, 1.54) is 101 Å². The van der Waals surface area contributed by atoms with Gasteiger partial charge in [0.2, 0.25) is 5.41 Å². The Morgan fingerprint density at radius 2 is 0.494 bits per heavy atom. The second-order valence-electron chi connectivity index (χ2n) is 21.6. The molecule has 11 aromatic carbocycles. The molecule has 0 saturated heterocycles. The van der Waals surface area contributed by atoms with E-state index in [-0.39, 0.29) is 0 Å². The third-order valence-corrected chi connectivity index (χ3v) is 14.0.